The van der Waals surface area contributed by atoms with Gasteiger partial charge in [-0.25, -0.2) is 0 Å². The van der Waals surface area contributed by atoms with Crippen molar-refractivity contribution in [3.63, 3.8) is 0 Å². The van der Waals surface area contributed by atoms with Crippen molar-refractivity contribution in [3.8, 4) is 11.1 Å². The van der Waals surface area contributed by atoms with Crippen molar-refractivity contribution >= 4 is 29.2 Å². The Bertz CT molecular complexity index is 1040. The third-order valence-corrected chi connectivity index (χ3v) is 7.42. The van der Waals surface area contributed by atoms with E-state index < -0.39 is 23.6 Å². The average Bonchev–Trinajstić information content (AvgIpc) is 3.58. The molecule has 8 nitrogen and oxygen atoms in total. The molecular formula is C24H27ClN4O4. The first kappa shape index (κ1) is 22.1. The summed E-state index contributed by atoms with van der Waals surface area (Å²) in [5.74, 6) is -0.648. The number of halogens is 1. The molecule has 1 aromatic heterocycles. The zero-order valence-electron chi connectivity index (χ0n) is 18.2. The van der Waals surface area contributed by atoms with Crippen LogP contribution < -0.4 is 5.32 Å². The molecule has 174 valence electrons. The van der Waals surface area contributed by atoms with Gasteiger partial charge in [0.05, 0.1) is 11.6 Å². The fourth-order valence-corrected chi connectivity index (χ4v) is 5.68. The highest BCUT2D eigenvalue weighted by atomic mass is 35.5. The van der Waals surface area contributed by atoms with Crippen molar-refractivity contribution in [2.45, 2.75) is 55.7 Å². The SMILES string of the molecule is O=C(N[C@H](C(=O)N1C[C@H](Cl)[C@H]2OCC(=O)[C@H]21)C1CCCCC1)c1cccc(-c2cn[nH]c2)c1. The van der Waals surface area contributed by atoms with Crippen molar-refractivity contribution in [2.75, 3.05) is 13.2 Å². The van der Waals surface area contributed by atoms with E-state index in [4.69, 9.17) is 16.3 Å². The molecule has 2 amide bonds. The highest BCUT2D eigenvalue weighted by Gasteiger charge is 2.53. The zero-order chi connectivity index (χ0) is 22.9. The van der Waals surface area contributed by atoms with Crippen LogP contribution in [-0.4, -0.2) is 69.4 Å². The van der Waals surface area contributed by atoms with Crippen molar-refractivity contribution in [3.05, 3.63) is 42.2 Å². The first-order valence-electron chi connectivity index (χ1n) is 11.5. The number of nitrogens with one attached hydrogen (secondary N) is 2. The van der Waals surface area contributed by atoms with Gasteiger partial charge in [0.1, 0.15) is 24.8 Å². The lowest BCUT2D eigenvalue weighted by molar-refractivity contribution is -0.139. The minimum Gasteiger partial charge on any atom is -0.366 e. The Morgan fingerprint density at radius 3 is 2.79 bits per heavy atom. The quantitative estimate of drug-likeness (QED) is 0.653. The van der Waals surface area contributed by atoms with Gasteiger partial charge in [-0.3, -0.25) is 19.5 Å². The van der Waals surface area contributed by atoms with E-state index in [9.17, 15) is 14.4 Å². The molecule has 3 fully saturated rings. The summed E-state index contributed by atoms with van der Waals surface area (Å²) < 4.78 is 5.54. The summed E-state index contributed by atoms with van der Waals surface area (Å²) in [4.78, 5) is 41.0. The maximum absolute atomic E-state index is 13.7. The largest absolute Gasteiger partial charge is 0.366 e. The number of likely N-dealkylation sites (tertiary alicyclic amines) is 1. The fourth-order valence-electron chi connectivity index (χ4n) is 5.32. The molecule has 2 N–H and O–H groups in total. The first-order chi connectivity index (χ1) is 16.0. The lowest BCUT2D eigenvalue weighted by Crippen LogP contribution is -2.55. The zero-order valence-corrected chi connectivity index (χ0v) is 19.0. The number of carbonyl (C=O) groups excluding carboxylic acids is 3. The number of Topliss-reactive ketones (excluding diaryl/α,β-unsaturated/α-hetero) is 1. The minimum absolute atomic E-state index is 0.0242. The molecule has 33 heavy (non-hydrogen) atoms. The molecule has 2 aliphatic heterocycles. The molecular weight excluding hydrogens is 444 g/mol. The summed E-state index contributed by atoms with van der Waals surface area (Å²) in [5, 5.41) is 9.32. The van der Waals surface area contributed by atoms with Crippen LogP contribution in [0.25, 0.3) is 11.1 Å². The van der Waals surface area contributed by atoms with Crippen LogP contribution >= 0.6 is 11.6 Å². The third kappa shape index (κ3) is 4.29. The van der Waals surface area contributed by atoms with Crippen molar-refractivity contribution < 1.29 is 19.1 Å². The summed E-state index contributed by atoms with van der Waals surface area (Å²) in [5.41, 5.74) is 2.20. The van der Waals surface area contributed by atoms with Gasteiger partial charge in [0.2, 0.25) is 5.91 Å². The molecule has 2 saturated heterocycles. The van der Waals surface area contributed by atoms with Gasteiger partial charge in [-0.15, -0.1) is 11.6 Å². The summed E-state index contributed by atoms with van der Waals surface area (Å²) >= 11 is 6.41. The Morgan fingerprint density at radius 1 is 1.21 bits per heavy atom. The van der Waals surface area contributed by atoms with Crippen LogP contribution in [0.1, 0.15) is 42.5 Å². The van der Waals surface area contributed by atoms with E-state index in [2.05, 4.69) is 15.5 Å². The van der Waals surface area contributed by atoms with Gasteiger partial charge >= 0.3 is 0 Å². The molecule has 0 unspecified atom stereocenters. The summed E-state index contributed by atoms with van der Waals surface area (Å²) in [6.07, 6.45) is 7.88. The number of aromatic nitrogens is 2. The van der Waals surface area contributed by atoms with Crippen LogP contribution in [-0.2, 0) is 14.3 Å². The number of benzene rings is 1. The van der Waals surface area contributed by atoms with E-state index in [1.807, 2.05) is 12.1 Å². The molecule has 9 heteroatoms. The molecule has 1 aromatic carbocycles. The molecule has 0 bridgehead atoms. The highest BCUT2D eigenvalue weighted by molar-refractivity contribution is 6.22. The maximum Gasteiger partial charge on any atom is 0.251 e. The number of fused-ring (bicyclic) bond motifs is 1. The van der Waals surface area contributed by atoms with Crippen LogP contribution in [0.5, 0.6) is 0 Å². The number of ether oxygens (including phenoxy) is 1. The Morgan fingerprint density at radius 2 is 2.03 bits per heavy atom. The Labute approximate surface area is 197 Å². The number of carbonyl (C=O) groups is 3. The highest BCUT2D eigenvalue weighted by Crippen LogP contribution is 2.34. The summed E-state index contributed by atoms with van der Waals surface area (Å²) in [7, 11) is 0. The number of H-pyrrole nitrogens is 1. The topological polar surface area (TPSA) is 104 Å². The number of amides is 2. The lowest BCUT2D eigenvalue weighted by atomic mass is 9.83. The maximum atomic E-state index is 13.7. The second-order valence-corrected chi connectivity index (χ2v) is 9.67. The normalized spacial score (nSPS) is 26.3. The smallest absolute Gasteiger partial charge is 0.251 e. The molecule has 3 aliphatic rings. The predicted octanol–water partition coefficient (Wildman–Crippen LogP) is 2.54. The van der Waals surface area contributed by atoms with Gasteiger partial charge < -0.3 is 15.0 Å². The van der Waals surface area contributed by atoms with Crippen LogP contribution in [0.2, 0.25) is 0 Å². The van der Waals surface area contributed by atoms with E-state index in [1.165, 1.54) is 0 Å². The molecule has 1 saturated carbocycles. The van der Waals surface area contributed by atoms with Crippen LogP contribution in [0, 0.1) is 5.92 Å². The average molecular weight is 471 g/mol. The molecule has 4 atom stereocenters. The van der Waals surface area contributed by atoms with Crippen LogP contribution in [0.3, 0.4) is 0 Å². The van der Waals surface area contributed by atoms with E-state index >= 15 is 0 Å². The van der Waals surface area contributed by atoms with Crippen molar-refractivity contribution in [1.29, 1.82) is 0 Å². The number of aromatic amines is 1. The second kappa shape index (κ2) is 9.27. The molecule has 0 radical (unpaired) electrons. The molecule has 3 heterocycles. The monoisotopic (exact) mass is 470 g/mol. The molecule has 0 spiro atoms. The standard InChI is InChI=1S/C24H27ClN4O4/c25-18-12-29(21-19(30)13-33-22(18)21)24(32)20(14-5-2-1-3-6-14)28-23(31)16-8-4-7-15(9-16)17-10-26-27-11-17/h4,7-11,14,18,20-22H,1-3,5-6,12-13H2,(H,26,27)(H,28,31)/t18-,20-,21+,22+/m0/s1. The summed E-state index contributed by atoms with van der Waals surface area (Å²) in [6.45, 7) is 0.222. The van der Waals surface area contributed by atoms with Gasteiger partial charge in [0.15, 0.2) is 5.78 Å². The molecule has 1 aliphatic carbocycles. The van der Waals surface area contributed by atoms with Crippen LogP contribution in [0.4, 0.5) is 0 Å². The van der Waals surface area contributed by atoms with Gasteiger partial charge in [-0.2, -0.15) is 5.10 Å². The number of hydrogen-bond donors (Lipinski definition) is 2. The Kier molecular flexibility index (Phi) is 6.21. The number of rotatable bonds is 5. The van der Waals surface area contributed by atoms with Gasteiger partial charge in [-0.05, 0) is 36.5 Å². The Hall–Kier alpha value is -2.71. The second-order valence-electron chi connectivity index (χ2n) is 9.11. The van der Waals surface area contributed by atoms with Gasteiger partial charge in [0, 0.05) is 23.9 Å². The van der Waals surface area contributed by atoms with Crippen LogP contribution in [0.15, 0.2) is 36.7 Å². The number of hydrogen-bond acceptors (Lipinski definition) is 5. The first-order valence-corrected chi connectivity index (χ1v) is 12.0. The number of nitrogens with zero attached hydrogens (tertiary/aromatic N) is 2. The molecule has 5 rings (SSSR count). The van der Waals surface area contributed by atoms with E-state index in [0.29, 0.717) is 5.56 Å². The van der Waals surface area contributed by atoms with Crippen molar-refractivity contribution in [1.82, 2.24) is 20.4 Å². The van der Waals surface area contributed by atoms with E-state index in [0.717, 1.165) is 43.2 Å². The fraction of sp³-hybridized carbons (Fsp3) is 0.500. The lowest BCUT2D eigenvalue weighted by Gasteiger charge is -2.34. The minimum atomic E-state index is -0.702. The number of ketones is 1. The van der Waals surface area contributed by atoms with E-state index in [1.54, 1.807) is 29.4 Å². The van der Waals surface area contributed by atoms with Gasteiger partial charge in [-0.1, -0.05) is 31.4 Å². The Balaban J connectivity index is 1.39. The predicted molar refractivity (Wildman–Crippen MR) is 122 cm³/mol. The van der Waals surface area contributed by atoms with Gasteiger partial charge in [0.25, 0.3) is 5.91 Å². The summed E-state index contributed by atoms with van der Waals surface area (Å²) in [6, 6.07) is 5.88. The third-order valence-electron chi connectivity index (χ3n) is 7.04. The van der Waals surface area contributed by atoms with E-state index in [-0.39, 0.29) is 36.7 Å². The van der Waals surface area contributed by atoms with Crippen molar-refractivity contribution in [2.24, 2.45) is 5.92 Å². The number of alkyl halides is 1. The molecule has 2 aromatic rings.